The summed E-state index contributed by atoms with van der Waals surface area (Å²) in [6.07, 6.45) is 6.97. The first-order valence-corrected chi connectivity index (χ1v) is 9.79. The molecule has 2 aliphatic heterocycles. The zero-order valence-electron chi connectivity index (χ0n) is 15.5. The molecule has 1 aliphatic carbocycles. The predicted octanol–water partition coefficient (Wildman–Crippen LogP) is 3.79. The van der Waals surface area contributed by atoms with Crippen LogP contribution in [0.25, 0.3) is 0 Å². The van der Waals surface area contributed by atoms with Gasteiger partial charge >= 0.3 is 0 Å². The van der Waals surface area contributed by atoms with E-state index in [9.17, 15) is 4.79 Å². The average Bonchev–Trinajstić information content (AvgIpc) is 3.17. The van der Waals surface area contributed by atoms with Gasteiger partial charge in [0, 0.05) is 25.7 Å². The largest absolute Gasteiger partial charge is 0.491 e. The van der Waals surface area contributed by atoms with Crippen molar-refractivity contribution < 1.29 is 23.7 Å². The highest BCUT2D eigenvalue weighted by Crippen LogP contribution is 2.42. The van der Waals surface area contributed by atoms with Crippen LogP contribution in [0.2, 0.25) is 0 Å². The molecule has 1 saturated heterocycles. The van der Waals surface area contributed by atoms with E-state index in [1.165, 1.54) is 6.42 Å². The van der Waals surface area contributed by atoms with Gasteiger partial charge in [0.25, 0.3) is 0 Å². The minimum Gasteiger partial charge on any atom is -0.491 e. The second kappa shape index (κ2) is 7.57. The summed E-state index contributed by atoms with van der Waals surface area (Å²) < 4.78 is 23.4. The Morgan fingerprint density at radius 1 is 1.27 bits per heavy atom. The number of hydrogen-bond acceptors (Lipinski definition) is 5. The molecule has 26 heavy (non-hydrogen) atoms. The predicted molar refractivity (Wildman–Crippen MR) is 97.1 cm³/mol. The summed E-state index contributed by atoms with van der Waals surface area (Å²) in [5.41, 5.74) is 0.387. The van der Waals surface area contributed by atoms with Gasteiger partial charge in [-0.25, -0.2) is 0 Å². The smallest absolute Gasteiger partial charge is 0.170 e. The fourth-order valence-electron chi connectivity index (χ4n) is 4.46. The molecule has 2 atom stereocenters. The zero-order valence-corrected chi connectivity index (χ0v) is 15.5. The van der Waals surface area contributed by atoms with E-state index in [1.54, 1.807) is 7.11 Å². The van der Waals surface area contributed by atoms with Crippen LogP contribution in [0.5, 0.6) is 11.5 Å². The third-order valence-corrected chi connectivity index (χ3v) is 6.04. The van der Waals surface area contributed by atoms with Gasteiger partial charge in [0.2, 0.25) is 0 Å². The Labute approximate surface area is 155 Å². The number of ketones is 1. The molecule has 4 rings (SSSR count). The fraction of sp³-hybridized carbons (Fsp3) is 0.667. The van der Waals surface area contributed by atoms with Gasteiger partial charge in [0.05, 0.1) is 24.7 Å². The number of methoxy groups -OCH3 is 1. The molecule has 0 bridgehead atoms. The molecule has 2 heterocycles. The van der Waals surface area contributed by atoms with Crippen LogP contribution >= 0.6 is 0 Å². The normalized spacial score (nSPS) is 25.6. The molecular weight excluding hydrogens is 332 g/mol. The van der Waals surface area contributed by atoms with E-state index < -0.39 is 0 Å². The quantitative estimate of drug-likeness (QED) is 0.800. The van der Waals surface area contributed by atoms with Gasteiger partial charge in [0.15, 0.2) is 5.78 Å². The highest BCUT2D eigenvalue weighted by atomic mass is 16.5. The van der Waals surface area contributed by atoms with Crippen LogP contribution in [0.4, 0.5) is 0 Å². The van der Waals surface area contributed by atoms with E-state index in [-0.39, 0.29) is 17.5 Å². The molecule has 1 aromatic rings. The Morgan fingerprint density at radius 2 is 2.12 bits per heavy atom. The van der Waals surface area contributed by atoms with Crippen molar-refractivity contribution in [2.45, 2.75) is 56.7 Å². The minimum absolute atomic E-state index is 0.0146. The van der Waals surface area contributed by atoms with Crippen LogP contribution in [0.1, 0.15) is 55.3 Å². The SMILES string of the molecule is COC(COc1ccc2c(c1)OC1(CCCCC1)CC2=O)C1CCOC1. The molecule has 2 fully saturated rings. The van der Waals surface area contributed by atoms with Gasteiger partial charge in [-0.1, -0.05) is 6.42 Å². The molecule has 1 saturated carbocycles. The van der Waals surface area contributed by atoms with Crippen LogP contribution < -0.4 is 9.47 Å². The van der Waals surface area contributed by atoms with Crippen molar-refractivity contribution in [2.24, 2.45) is 5.92 Å². The third kappa shape index (κ3) is 3.60. The van der Waals surface area contributed by atoms with Gasteiger partial charge in [0.1, 0.15) is 23.7 Å². The Bertz CT molecular complexity index is 644. The highest BCUT2D eigenvalue weighted by molar-refractivity contribution is 6.00. The molecule has 0 aromatic heterocycles. The molecule has 0 amide bonds. The molecule has 5 heteroatoms. The van der Waals surface area contributed by atoms with Crippen molar-refractivity contribution in [3.63, 3.8) is 0 Å². The lowest BCUT2D eigenvalue weighted by Gasteiger charge is -2.40. The molecule has 0 N–H and O–H groups in total. The summed E-state index contributed by atoms with van der Waals surface area (Å²) in [6, 6.07) is 5.57. The number of benzene rings is 1. The second-order valence-electron chi connectivity index (χ2n) is 7.81. The minimum atomic E-state index is -0.294. The van der Waals surface area contributed by atoms with Gasteiger partial charge < -0.3 is 18.9 Å². The van der Waals surface area contributed by atoms with E-state index in [4.69, 9.17) is 18.9 Å². The summed E-state index contributed by atoms with van der Waals surface area (Å²) in [7, 11) is 1.72. The van der Waals surface area contributed by atoms with E-state index in [1.807, 2.05) is 18.2 Å². The maximum absolute atomic E-state index is 12.6. The lowest BCUT2D eigenvalue weighted by atomic mass is 9.78. The van der Waals surface area contributed by atoms with E-state index >= 15 is 0 Å². The van der Waals surface area contributed by atoms with Gasteiger partial charge in [-0.15, -0.1) is 0 Å². The molecule has 1 spiro atoms. The highest BCUT2D eigenvalue weighted by Gasteiger charge is 2.41. The summed E-state index contributed by atoms with van der Waals surface area (Å²) in [6.45, 7) is 2.00. The maximum Gasteiger partial charge on any atom is 0.170 e. The van der Waals surface area contributed by atoms with Crippen LogP contribution in [-0.4, -0.2) is 44.4 Å². The number of hydrogen-bond donors (Lipinski definition) is 0. The molecule has 2 unspecified atom stereocenters. The van der Waals surface area contributed by atoms with Crippen molar-refractivity contribution >= 4 is 5.78 Å². The monoisotopic (exact) mass is 360 g/mol. The average molecular weight is 360 g/mol. The van der Waals surface area contributed by atoms with Crippen LogP contribution in [0, 0.1) is 5.92 Å². The molecule has 1 aromatic carbocycles. The van der Waals surface area contributed by atoms with Gasteiger partial charge in [-0.2, -0.15) is 0 Å². The maximum atomic E-state index is 12.6. The van der Waals surface area contributed by atoms with Crippen molar-refractivity contribution in [3.8, 4) is 11.5 Å². The molecule has 5 nitrogen and oxygen atoms in total. The van der Waals surface area contributed by atoms with Crippen molar-refractivity contribution in [3.05, 3.63) is 23.8 Å². The van der Waals surface area contributed by atoms with Crippen LogP contribution in [-0.2, 0) is 9.47 Å². The van der Waals surface area contributed by atoms with Gasteiger partial charge in [-0.05, 0) is 44.2 Å². The Hall–Kier alpha value is -1.59. The number of ether oxygens (including phenoxy) is 4. The van der Waals surface area contributed by atoms with Crippen molar-refractivity contribution in [1.29, 1.82) is 0 Å². The van der Waals surface area contributed by atoms with Crippen LogP contribution in [0.15, 0.2) is 18.2 Å². The Morgan fingerprint density at radius 3 is 2.85 bits per heavy atom. The number of fused-ring (bicyclic) bond motifs is 1. The van der Waals surface area contributed by atoms with Crippen molar-refractivity contribution in [1.82, 2.24) is 0 Å². The number of carbonyl (C=O) groups excluding carboxylic acids is 1. The molecule has 142 valence electrons. The lowest BCUT2D eigenvalue weighted by molar-refractivity contribution is 0.00888. The van der Waals surface area contributed by atoms with E-state index in [0.717, 1.165) is 51.1 Å². The third-order valence-electron chi connectivity index (χ3n) is 6.04. The standard InChI is InChI=1S/C21H28O5/c1-23-20(15-7-10-24-13-15)14-25-16-5-6-17-18(22)12-21(26-19(17)11-16)8-3-2-4-9-21/h5-6,11,15,20H,2-4,7-10,12-14H2,1H3. The lowest BCUT2D eigenvalue weighted by Crippen LogP contribution is -2.43. The van der Waals surface area contributed by atoms with Gasteiger partial charge in [-0.3, -0.25) is 4.79 Å². The summed E-state index contributed by atoms with van der Waals surface area (Å²) in [4.78, 5) is 12.6. The summed E-state index contributed by atoms with van der Waals surface area (Å²) in [5.74, 6) is 1.97. The summed E-state index contributed by atoms with van der Waals surface area (Å²) in [5, 5.41) is 0. The number of carbonyl (C=O) groups is 1. The van der Waals surface area contributed by atoms with E-state index in [0.29, 0.717) is 30.3 Å². The van der Waals surface area contributed by atoms with E-state index in [2.05, 4.69) is 0 Å². The Balaban J connectivity index is 1.46. The molecule has 3 aliphatic rings. The first-order valence-electron chi connectivity index (χ1n) is 9.79. The number of Topliss-reactive ketones (excluding diaryl/α,β-unsaturated/α-hetero) is 1. The number of rotatable bonds is 5. The topological polar surface area (TPSA) is 54.0 Å². The summed E-state index contributed by atoms with van der Waals surface area (Å²) >= 11 is 0. The molecular formula is C21H28O5. The first kappa shape index (κ1) is 17.8. The fourth-order valence-corrected chi connectivity index (χ4v) is 4.46. The second-order valence-corrected chi connectivity index (χ2v) is 7.81. The Kier molecular flexibility index (Phi) is 5.18. The van der Waals surface area contributed by atoms with Crippen LogP contribution in [0.3, 0.4) is 0 Å². The molecule has 0 radical (unpaired) electrons. The zero-order chi connectivity index (χ0) is 18.0. The first-order chi connectivity index (χ1) is 12.7. The van der Waals surface area contributed by atoms with Crippen molar-refractivity contribution in [2.75, 3.05) is 26.9 Å².